The molecule has 0 saturated carbocycles. The van der Waals surface area contributed by atoms with Crippen LogP contribution in [0.5, 0.6) is 0 Å². The summed E-state index contributed by atoms with van der Waals surface area (Å²) in [5.74, 6) is -0.772. The Labute approximate surface area is 122 Å². The van der Waals surface area contributed by atoms with Gasteiger partial charge in [-0.1, -0.05) is 42.0 Å². The van der Waals surface area contributed by atoms with Crippen molar-refractivity contribution in [2.75, 3.05) is 0 Å². The molecule has 0 fully saturated rings. The van der Waals surface area contributed by atoms with Gasteiger partial charge in [0.15, 0.2) is 0 Å². The van der Waals surface area contributed by atoms with E-state index in [1.54, 1.807) is 6.07 Å². The van der Waals surface area contributed by atoms with Gasteiger partial charge in [-0.2, -0.15) is 4.39 Å². The molecule has 0 aliphatic carbocycles. The van der Waals surface area contributed by atoms with E-state index in [0.29, 0.717) is 5.56 Å². The van der Waals surface area contributed by atoms with Crippen LogP contribution in [0.1, 0.15) is 29.7 Å². The summed E-state index contributed by atoms with van der Waals surface area (Å²) in [5, 5.41) is 13.9. The van der Waals surface area contributed by atoms with Gasteiger partial charge in [0, 0.05) is 24.2 Å². The van der Waals surface area contributed by atoms with E-state index in [0.717, 1.165) is 5.56 Å². The van der Waals surface area contributed by atoms with Gasteiger partial charge in [0.1, 0.15) is 0 Å². The Morgan fingerprint density at radius 2 is 1.90 bits per heavy atom. The first-order chi connectivity index (χ1) is 9.99. The van der Waals surface area contributed by atoms with E-state index in [9.17, 15) is 14.5 Å². The van der Waals surface area contributed by atoms with Crippen LogP contribution < -0.4 is 5.32 Å². The fraction of sp³-hybridized carbons (Fsp3) is 0.250. The molecule has 5 heteroatoms. The smallest absolute Gasteiger partial charge is 0.305 e. The monoisotopic (exact) mass is 288 g/mol. The fourth-order valence-electron chi connectivity index (χ4n) is 2.08. The quantitative estimate of drug-likeness (QED) is 0.670. The predicted molar refractivity (Wildman–Crippen MR) is 79.5 cm³/mol. The van der Waals surface area contributed by atoms with Gasteiger partial charge < -0.3 is 5.32 Å². The number of nitrogens with one attached hydrogen (secondary N) is 1. The molecule has 0 radical (unpaired) electrons. The second-order valence-corrected chi connectivity index (χ2v) is 5.02. The number of benzene rings is 2. The number of hydrogen-bond acceptors (Lipinski definition) is 3. The average Bonchev–Trinajstić information content (AvgIpc) is 2.46. The highest BCUT2D eigenvalue weighted by Gasteiger charge is 2.17. The summed E-state index contributed by atoms with van der Waals surface area (Å²) in [6.07, 6.45) is 0. The van der Waals surface area contributed by atoms with E-state index in [4.69, 9.17) is 0 Å². The van der Waals surface area contributed by atoms with Gasteiger partial charge in [0.2, 0.25) is 5.82 Å². The van der Waals surface area contributed by atoms with Gasteiger partial charge in [-0.15, -0.1) is 0 Å². The Bertz CT molecular complexity index is 641. The van der Waals surface area contributed by atoms with Crippen molar-refractivity contribution in [3.63, 3.8) is 0 Å². The van der Waals surface area contributed by atoms with Crippen molar-refractivity contribution in [3.05, 3.63) is 75.1 Å². The summed E-state index contributed by atoms with van der Waals surface area (Å²) in [7, 11) is 0. The molecule has 110 valence electrons. The van der Waals surface area contributed by atoms with Crippen LogP contribution in [0.15, 0.2) is 42.5 Å². The van der Waals surface area contributed by atoms with E-state index in [-0.39, 0.29) is 12.6 Å². The van der Waals surface area contributed by atoms with E-state index in [1.807, 2.05) is 38.1 Å². The van der Waals surface area contributed by atoms with Crippen LogP contribution in [-0.4, -0.2) is 4.92 Å². The molecule has 2 aromatic rings. The molecule has 0 saturated heterocycles. The average molecular weight is 288 g/mol. The normalized spacial score (nSPS) is 12.1. The number of halogens is 1. The first-order valence-corrected chi connectivity index (χ1v) is 6.70. The van der Waals surface area contributed by atoms with E-state index < -0.39 is 16.4 Å². The van der Waals surface area contributed by atoms with Crippen molar-refractivity contribution in [1.82, 2.24) is 5.32 Å². The summed E-state index contributed by atoms with van der Waals surface area (Å²) < 4.78 is 13.9. The minimum Gasteiger partial charge on any atom is -0.306 e. The summed E-state index contributed by atoms with van der Waals surface area (Å²) in [6.45, 7) is 4.23. The minimum absolute atomic E-state index is 0.0317. The topological polar surface area (TPSA) is 55.2 Å². The van der Waals surface area contributed by atoms with Crippen LogP contribution in [0.25, 0.3) is 0 Å². The molecule has 0 heterocycles. The Morgan fingerprint density at radius 3 is 2.52 bits per heavy atom. The SMILES string of the molecule is Cc1ccc([C@H](C)NCc2cccc([N+](=O)[O-])c2F)cc1. The molecule has 0 aromatic heterocycles. The van der Waals surface area contributed by atoms with Crippen molar-refractivity contribution < 1.29 is 9.31 Å². The van der Waals surface area contributed by atoms with Crippen molar-refractivity contribution in [1.29, 1.82) is 0 Å². The zero-order chi connectivity index (χ0) is 15.4. The van der Waals surface area contributed by atoms with E-state index >= 15 is 0 Å². The lowest BCUT2D eigenvalue weighted by atomic mass is 10.1. The molecule has 1 atom stereocenters. The maximum absolute atomic E-state index is 13.9. The second kappa shape index (κ2) is 6.45. The molecular formula is C16H17FN2O2. The second-order valence-electron chi connectivity index (χ2n) is 5.02. The first-order valence-electron chi connectivity index (χ1n) is 6.70. The van der Waals surface area contributed by atoms with Crippen molar-refractivity contribution in [3.8, 4) is 0 Å². The summed E-state index contributed by atoms with van der Waals surface area (Å²) in [5.41, 5.74) is 2.07. The highest BCUT2D eigenvalue weighted by Crippen LogP contribution is 2.21. The van der Waals surface area contributed by atoms with Gasteiger partial charge in [-0.3, -0.25) is 10.1 Å². The van der Waals surface area contributed by atoms with Crippen LogP contribution in [0, 0.1) is 22.9 Å². The Morgan fingerprint density at radius 1 is 1.24 bits per heavy atom. The number of aryl methyl sites for hydroxylation is 1. The minimum atomic E-state index is -0.772. The third kappa shape index (κ3) is 3.64. The van der Waals surface area contributed by atoms with Crippen LogP contribution >= 0.6 is 0 Å². The van der Waals surface area contributed by atoms with Gasteiger partial charge in [-0.25, -0.2) is 0 Å². The molecule has 1 N–H and O–H groups in total. The Kier molecular flexibility index (Phi) is 4.65. The molecule has 2 aromatic carbocycles. The molecule has 0 aliphatic rings. The number of nitrogens with zero attached hydrogens (tertiary/aromatic N) is 1. The summed E-state index contributed by atoms with van der Waals surface area (Å²) in [6, 6.07) is 12.3. The fourth-order valence-corrected chi connectivity index (χ4v) is 2.08. The third-order valence-corrected chi connectivity index (χ3v) is 3.43. The maximum Gasteiger partial charge on any atom is 0.305 e. The van der Waals surface area contributed by atoms with Crippen molar-refractivity contribution in [2.45, 2.75) is 26.4 Å². The largest absolute Gasteiger partial charge is 0.306 e. The zero-order valence-corrected chi connectivity index (χ0v) is 12.0. The van der Waals surface area contributed by atoms with Crippen LogP contribution in [0.2, 0.25) is 0 Å². The van der Waals surface area contributed by atoms with E-state index in [2.05, 4.69) is 5.32 Å². The molecular weight excluding hydrogens is 271 g/mol. The predicted octanol–water partition coefficient (Wildman–Crippen LogP) is 3.89. The lowest BCUT2D eigenvalue weighted by Crippen LogP contribution is -2.19. The maximum atomic E-state index is 13.9. The first kappa shape index (κ1) is 15.1. The van der Waals surface area contributed by atoms with Gasteiger partial charge >= 0.3 is 5.69 Å². The number of hydrogen-bond donors (Lipinski definition) is 1. The van der Waals surface area contributed by atoms with E-state index in [1.165, 1.54) is 17.7 Å². The lowest BCUT2D eigenvalue weighted by Gasteiger charge is -2.15. The number of nitro groups is 1. The lowest BCUT2D eigenvalue weighted by molar-refractivity contribution is -0.387. The van der Waals surface area contributed by atoms with Gasteiger partial charge in [0.05, 0.1) is 4.92 Å². The summed E-state index contributed by atoms with van der Waals surface area (Å²) in [4.78, 5) is 10.0. The molecule has 0 amide bonds. The van der Waals surface area contributed by atoms with Gasteiger partial charge in [0.25, 0.3) is 0 Å². The molecule has 0 aliphatic heterocycles. The van der Waals surface area contributed by atoms with Crippen molar-refractivity contribution in [2.24, 2.45) is 0 Å². The summed E-state index contributed by atoms with van der Waals surface area (Å²) >= 11 is 0. The number of nitro benzene ring substituents is 1. The molecule has 2 rings (SSSR count). The molecule has 4 nitrogen and oxygen atoms in total. The molecule has 21 heavy (non-hydrogen) atoms. The van der Waals surface area contributed by atoms with Gasteiger partial charge in [-0.05, 0) is 19.4 Å². The molecule has 0 unspecified atom stereocenters. The van der Waals surface area contributed by atoms with Crippen LogP contribution in [0.3, 0.4) is 0 Å². The molecule has 0 spiro atoms. The number of rotatable bonds is 5. The van der Waals surface area contributed by atoms with Crippen LogP contribution in [-0.2, 0) is 6.54 Å². The van der Waals surface area contributed by atoms with Crippen LogP contribution in [0.4, 0.5) is 10.1 Å². The standard InChI is InChI=1S/C16H17FN2O2/c1-11-6-8-13(9-7-11)12(2)18-10-14-4-3-5-15(16(14)17)19(20)21/h3-9,12,18H,10H2,1-2H3/t12-/m0/s1. The third-order valence-electron chi connectivity index (χ3n) is 3.43. The highest BCUT2D eigenvalue weighted by molar-refractivity contribution is 5.36. The van der Waals surface area contributed by atoms with Crippen molar-refractivity contribution >= 4 is 5.69 Å². The Hall–Kier alpha value is -2.27. The molecule has 0 bridgehead atoms. The highest BCUT2D eigenvalue weighted by atomic mass is 19.1. The zero-order valence-electron chi connectivity index (χ0n) is 12.0. The Balaban J connectivity index is 2.08.